The fraction of sp³-hybridized carbons (Fsp3) is 0.895. The van der Waals surface area contributed by atoms with Crippen LogP contribution in [-0.2, 0) is 0 Å². The Hall–Kier alpha value is 0.499. The Labute approximate surface area is 144 Å². The molecule has 0 saturated carbocycles. The van der Waals surface area contributed by atoms with Gasteiger partial charge in [0.25, 0.3) is 0 Å². The molecule has 0 aromatic rings. The quantitative estimate of drug-likeness (QED) is 0.370. The first-order valence-electron chi connectivity index (χ1n) is 9.21. The van der Waals surface area contributed by atoms with E-state index in [0.29, 0.717) is 3.43 Å². The van der Waals surface area contributed by atoms with Crippen LogP contribution in [0.5, 0.6) is 0 Å². The number of allylic oxidation sites excluding steroid dienone is 1. The third-order valence-electron chi connectivity index (χ3n) is 4.31. The molecule has 0 aromatic carbocycles. The van der Waals surface area contributed by atoms with Gasteiger partial charge in [0, 0.05) is 0 Å². The van der Waals surface area contributed by atoms with Crippen molar-refractivity contribution in [2.24, 2.45) is 0 Å². The second-order valence-corrected chi connectivity index (χ2v) is 11.8. The second-order valence-electron chi connectivity index (χ2n) is 6.46. The molecule has 124 valence electrons. The molecule has 0 aliphatic heterocycles. The van der Waals surface area contributed by atoms with Crippen molar-refractivity contribution in [2.45, 2.75) is 108 Å². The molecule has 0 rings (SSSR count). The van der Waals surface area contributed by atoms with Crippen molar-refractivity contribution >= 4 is 21.1 Å². The minimum absolute atomic E-state index is 0.208. The Bertz CT molecular complexity index is 249. The molecule has 21 heavy (non-hydrogen) atoms. The standard InChI is InChI=1S/C13H27.C6H11O.Sn/c1-4-7-10-13(11-8-5-2)12-9-6-3;1-3-4-5-6(2)7;/h4-12H2,1-3H3;4,6-7H,3H2,1-2H3;. The summed E-state index contributed by atoms with van der Waals surface area (Å²) in [6.45, 7) is 11.1. The van der Waals surface area contributed by atoms with E-state index in [1.165, 1.54) is 61.4 Å². The van der Waals surface area contributed by atoms with Gasteiger partial charge in [-0.05, 0) is 0 Å². The van der Waals surface area contributed by atoms with Crippen LogP contribution in [-0.4, -0.2) is 32.4 Å². The number of aliphatic hydroxyl groups is 1. The molecule has 1 N–H and O–H groups in total. The third-order valence-corrected chi connectivity index (χ3v) is 10.6. The summed E-state index contributed by atoms with van der Waals surface area (Å²) in [5.74, 6) is 0. The summed E-state index contributed by atoms with van der Waals surface area (Å²) < 4.78 is 2.05. The average molecular weight is 401 g/mol. The van der Waals surface area contributed by atoms with E-state index >= 15 is 0 Å². The number of aliphatic hydroxyl groups excluding tert-OH is 1. The van der Waals surface area contributed by atoms with Crippen LogP contribution in [0.15, 0.2) is 9.67 Å². The van der Waals surface area contributed by atoms with Crippen LogP contribution in [0.1, 0.15) is 98.8 Å². The molecule has 0 aliphatic carbocycles. The van der Waals surface area contributed by atoms with Crippen LogP contribution >= 0.6 is 0 Å². The predicted octanol–water partition coefficient (Wildman–Crippen LogP) is 6.09. The van der Waals surface area contributed by atoms with Crippen molar-refractivity contribution in [2.75, 3.05) is 0 Å². The third kappa shape index (κ3) is 9.28. The molecule has 0 spiro atoms. The summed E-state index contributed by atoms with van der Waals surface area (Å²) in [5, 5.41) is 10.2. The zero-order valence-corrected chi connectivity index (χ0v) is 18.0. The maximum absolute atomic E-state index is 10.2. The van der Waals surface area contributed by atoms with Crippen LogP contribution in [0.2, 0.25) is 3.43 Å². The van der Waals surface area contributed by atoms with Crippen molar-refractivity contribution in [1.82, 2.24) is 0 Å². The summed E-state index contributed by atoms with van der Waals surface area (Å²) in [5.41, 5.74) is 0. The summed E-state index contributed by atoms with van der Waals surface area (Å²) >= 11 is -0.709. The van der Waals surface area contributed by atoms with Crippen molar-refractivity contribution in [3.05, 3.63) is 9.67 Å². The van der Waals surface area contributed by atoms with Gasteiger partial charge >= 0.3 is 144 Å². The molecule has 1 atom stereocenters. The number of rotatable bonds is 13. The topological polar surface area (TPSA) is 20.2 Å². The van der Waals surface area contributed by atoms with Gasteiger partial charge in [-0.2, -0.15) is 0 Å². The van der Waals surface area contributed by atoms with Gasteiger partial charge in [-0.1, -0.05) is 0 Å². The van der Waals surface area contributed by atoms with Crippen LogP contribution in [0.3, 0.4) is 0 Å². The maximum atomic E-state index is 10.2. The fourth-order valence-electron chi connectivity index (χ4n) is 2.96. The summed E-state index contributed by atoms with van der Waals surface area (Å²) in [6, 6.07) is 0. The number of hydrogen-bond donors (Lipinski definition) is 1. The first kappa shape index (κ1) is 21.5. The van der Waals surface area contributed by atoms with Gasteiger partial charge in [0.2, 0.25) is 0 Å². The molecule has 0 aromatic heterocycles. The monoisotopic (exact) mass is 402 g/mol. The number of hydrogen-bond acceptors (Lipinski definition) is 1. The first-order valence-corrected chi connectivity index (χ1v) is 12.1. The van der Waals surface area contributed by atoms with E-state index in [-0.39, 0.29) is 6.10 Å². The average Bonchev–Trinajstić information content (AvgIpc) is 2.48. The molecule has 2 heteroatoms. The van der Waals surface area contributed by atoms with Gasteiger partial charge in [0.15, 0.2) is 0 Å². The summed E-state index contributed by atoms with van der Waals surface area (Å²) in [6.07, 6.45) is 15.5. The van der Waals surface area contributed by atoms with E-state index in [1.807, 2.05) is 6.92 Å². The van der Waals surface area contributed by atoms with Crippen molar-refractivity contribution in [3.8, 4) is 0 Å². The van der Waals surface area contributed by atoms with Gasteiger partial charge in [-0.15, -0.1) is 0 Å². The van der Waals surface area contributed by atoms with E-state index in [4.69, 9.17) is 0 Å². The zero-order valence-electron chi connectivity index (χ0n) is 15.2. The Balaban J connectivity index is 5.12. The molecule has 0 amide bonds. The van der Waals surface area contributed by atoms with Crippen LogP contribution < -0.4 is 0 Å². The molecular weight excluding hydrogens is 363 g/mol. The van der Waals surface area contributed by atoms with Gasteiger partial charge in [-0.3, -0.25) is 0 Å². The molecule has 0 fully saturated rings. The van der Waals surface area contributed by atoms with Gasteiger partial charge in [-0.25, -0.2) is 0 Å². The normalized spacial score (nSPS) is 14.5. The van der Waals surface area contributed by atoms with Crippen LogP contribution in [0.4, 0.5) is 0 Å². The predicted molar refractivity (Wildman–Crippen MR) is 97.1 cm³/mol. The minimum atomic E-state index is -0.709. The molecule has 2 radical (unpaired) electrons. The Morgan fingerprint density at radius 2 is 1.38 bits per heavy atom. The molecule has 0 heterocycles. The second kappa shape index (κ2) is 13.0. The van der Waals surface area contributed by atoms with E-state index in [0.717, 1.165) is 6.42 Å². The van der Waals surface area contributed by atoms with Crippen molar-refractivity contribution in [1.29, 1.82) is 0 Å². The molecule has 0 saturated heterocycles. The van der Waals surface area contributed by atoms with Crippen molar-refractivity contribution in [3.63, 3.8) is 0 Å². The fourth-order valence-corrected chi connectivity index (χ4v) is 8.76. The molecular formula is C19H38OSn. The molecule has 1 nitrogen and oxygen atoms in total. The van der Waals surface area contributed by atoms with E-state index in [1.54, 1.807) is 0 Å². The molecule has 0 aliphatic rings. The summed E-state index contributed by atoms with van der Waals surface area (Å²) in [7, 11) is 0. The van der Waals surface area contributed by atoms with Crippen LogP contribution in [0.25, 0.3) is 0 Å². The van der Waals surface area contributed by atoms with Gasteiger partial charge < -0.3 is 0 Å². The van der Waals surface area contributed by atoms with Gasteiger partial charge in [0.05, 0.1) is 0 Å². The molecule has 0 bridgehead atoms. The Morgan fingerprint density at radius 1 is 0.952 bits per heavy atom. The zero-order chi connectivity index (χ0) is 16.1. The Morgan fingerprint density at radius 3 is 1.67 bits per heavy atom. The van der Waals surface area contributed by atoms with E-state index < -0.39 is 21.1 Å². The Kier molecular flexibility index (Phi) is 13.3. The molecule has 1 unspecified atom stereocenters. The SMILES string of the molecule is CC/C=[C](\[Sn][C](CCCC)(CCCC)CCCC)C(C)O. The first-order chi connectivity index (χ1) is 10.0. The summed E-state index contributed by atoms with van der Waals surface area (Å²) in [4.78, 5) is 0. The van der Waals surface area contributed by atoms with Crippen LogP contribution in [0, 0.1) is 0 Å². The van der Waals surface area contributed by atoms with Gasteiger partial charge in [0.1, 0.15) is 0 Å². The van der Waals surface area contributed by atoms with E-state index in [2.05, 4.69) is 33.8 Å². The number of unbranched alkanes of at least 4 members (excludes halogenated alkanes) is 3. The van der Waals surface area contributed by atoms with Crippen molar-refractivity contribution < 1.29 is 5.11 Å². The van der Waals surface area contributed by atoms with E-state index in [9.17, 15) is 5.11 Å².